The SMILES string of the molecule is CC[C@H](C)[C@@H](NC(=O)[C@H](C)N1Cc2ccccc2C1=O)c1nc2ccccc2[nH]1. The second-order valence-corrected chi connectivity index (χ2v) is 7.78. The zero-order valence-corrected chi connectivity index (χ0v) is 17.0. The second-order valence-electron chi connectivity index (χ2n) is 7.78. The molecule has 6 heteroatoms. The highest BCUT2D eigenvalue weighted by molar-refractivity contribution is 6.01. The van der Waals surface area contributed by atoms with Crippen molar-refractivity contribution in [2.75, 3.05) is 0 Å². The van der Waals surface area contributed by atoms with Crippen molar-refractivity contribution in [3.05, 3.63) is 65.5 Å². The molecule has 3 aromatic rings. The molecule has 1 aromatic heterocycles. The van der Waals surface area contributed by atoms with Crippen LogP contribution in [0, 0.1) is 5.92 Å². The summed E-state index contributed by atoms with van der Waals surface area (Å²) in [6.45, 7) is 6.43. The molecule has 150 valence electrons. The molecule has 0 saturated carbocycles. The molecule has 2 heterocycles. The highest BCUT2D eigenvalue weighted by atomic mass is 16.2. The third-order valence-corrected chi connectivity index (χ3v) is 5.91. The number of carbonyl (C=O) groups is 2. The molecule has 3 atom stereocenters. The van der Waals surface area contributed by atoms with Crippen molar-refractivity contribution in [2.24, 2.45) is 5.92 Å². The van der Waals surface area contributed by atoms with Gasteiger partial charge in [-0.05, 0) is 36.6 Å². The van der Waals surface area contributed by atoms with Crippen LogP contribution in [0.1, 0.15) is 55.0 Å². The molecular formula is C23H26N4O2. The third-order valence-electron chi connectivity index (χ3n) is 5.91. The smallest absolute Gasteiger partial charge is 0.255 e. The van der Waals surface area contributed by atoms with Crippen LogP contribution in [-0.2, 0) is 11.3 Å². The molecule has 0 bridgehead atoms. The molecule has 0 radical (unpaired) electrons. The number of hydrogen-bond acceptors (Lipinski definition) is 3. The van der Waals surface area contributed by atoms with E-state index in [9.17, 15) is 9.59 Å². The summed E-state index contributed by atoms with van der Waals surface area (Å²) in [7, 11) is 0. The summed E-state index contributed by atoms with van der Waals surface area (Å²) in [5.74, 6) is 0.680. The van der Waals surface area contributed by atoms with Crippen LogP contribution >= 0.6 is 0 Å². The molecule has 1 aliphatic rings. The summed E-state index contributed by atoms with van der Waals surface area (Å²) >= 11 is 0. The Morgan fingerprint density at radius 1 is 1.17 bits per heavy atom. The van der Waals surface area contributed by atoms with Gasteiger partial charge in [-0.25, -0.2) is 4.98 Å². The monoisotopic (exact) mass is 390 g/mol. The molecule has 2 N–H and O–H groups in total. The molecule has 0 spiro atoms. The van der Waals surface area contributed by atoms with Gasteiger partial charge in [-0.2, -0.15) is 0 Å². The summed E-state index contributed by atoms with van der Waals surface area (Å²) in [6.07, 6.45) is 0.893. The summed E-state index contributed by atoms with van der Waals surface area (Å²) in [4.78, 5) is 35.5. The van der Waals surface area contributed by atoms with Crippen LogP contribution in [0.3, 0.4) is 0 Å². The van der Waals surface area contributed by atoms with Gasteiger partial charge < -0.3 is 15.2 Å². The molecule has 0 saturated heterocycles. The first-order chi connectivity index (χ1) is 14.0. The van der Waals surface area contributed by atoms with E-state index >= 15 is 0 Å². The lowest BCUT2D eigenvalue weighted by Crippen LogP contribution is -2.47. The Bertz CT molecular complexity index is 1020. The Balaban J connectivity index is 1.55. The Hall–Kier alpha value is -3.15. The van der Waals surface area contributed by atoms with Crippen molar-refractivity contribution >= 4 is 22.8 Å². The number of carbonyl (C=O) groups excluding carboxylic acids is 2. The topological polar surface area (TPSA) is 78.1 Å². The number of nitrogens with zero attached hydrogens (tertiary/aromatic N) is 2. The number of para-hydroxylation sites is 2. The van der Waals surface area contributed by atoms with Gasteiger partial charge in [-0.15, -0.1) is 0 Å². The first-order valence-corrected chi connectivity index (χ1v) is 10.1. The maximum atomic E-state index is 13.1. The predicted molar refractivity (Wildman–Crippen MR) is 112 cm³/mol. The van der Waals surface area contributed by atoms with E-state index in [-0.39, 0.29) is 23.8 Å². The Labute approximate surface area is 170 Å². The number of imidazole rings is 1. The molecule has 29 heavy (non-hydrogen) atoms. The second kappa shape index (κ2) is 7.70. The van der Waals surface area contributed by atoms with E-state index in [1.54, 1.807) is 11.8 Å². The summed E-state index contributed by atoms with van der Waals surface area (Å²) in [5.41, 5.74) is 3.47. The van der Waals surface area contributed by atoms with Gasteiger partial charge in [-0.3, -0.25) is 9.59 Å². The molecule has 1 aliphatic heterocycles. The maximum absolute atomic E-state index is 13.1. The fourth-order valence-electron chi connectivity index (χ4n) is 3.84. The Morgan fingerprint density at radius 3 is 2.62 bits per heavy atom. The molecule has 0 unspecified atom stereocenters. The Kier molecular flexibility index (Phi) is 5.09. The molecule has 0 fully saturated rings. The first-order valence-electron chi connectivity index (χ1n) is 10.1. The minimum atomic E-state index is -0.564. The van der Waals surface area contributed by atoms with Crippen LogP contribution < -0.4 is 5.32 Å². The number of hydrogen-bond donors (Lipinski definition) is 2. The van der Waals surface area contributed by atoms with Crippen molar-refractivity contribution < 1.29 is 9.59 Å². The van der Waals surface area contributed by atoms with E-state index < -0.39 is 6.04 Å². The molecule has 2 aromatic carbocycles. The van der Waals surface area contributed by atoms with Crippen LogP contribution in [0.25, 0.3) is 11.0 Å². The first kappa shape index (κ1) is 19.2. The number of aromatic nitrogens is 2. The van der Waals surface area contributed by atoms with Gasteiger partial charge in [0.1, 0.15) is 11.9 Å². The number of benzene rings is 2. The number of rotatable bonds is 6. The molecule has 2 amide bonds. The summed E-state index contributed by atoms with van der Waals surface area (Å²) < 4.78 is 0. The fourth-order valence-corrected chi connectivity index (χ4v) is 3.84. The number of aromatic amines is 1. The summed E-state index contributed by atoms with van der Waals surface area (Å²) in [6, 6.07) is 14.5. The third kappa shape index (κ3) is 3.50. The van der Waals surface area contributed by atoms with Gasteiger partial charge >= 0.3 is 0 Å². The van der Waals surface area contributed by atoms with Gasteiger partial charge in [0.2, 0.25) is 5.91 Å². The number of fused-ring (bicyclic) bond motifs is 2. The van der Waals surface area contributed by atoms with Crippen molar-refractivity contribution in [3.63, 3.8) is 0 Å². The van der Waals surface area contributed by atoms with Gasteiger partial charge in [0.15, 0.2) is 0 Å². The lowest BCUT2D eigenvalue weighted by Gasteiger charge is -2.28. The molecule has 4 rings (SSSR count). The number of amides is 2. The normalized spacial score (nSPS) is 16.5. The lowest BCUT2D eigenvalue weighted by molar-refractivity contribution is -0.126. The lowest BCUT2D eigenvalue weighted by atomic mass is 9.98. The van der Waals surface area contributed by atoms with Gasteiger partial charge in [0.05, 0.1) is 17.1 Å². The molecule has 0 aliphatic carbocycles. The quantitative estimate of drug-likeness (QED) is 0.672. The highest BCUT2D eigenvalue weighted by Crippen LogP contribution is 2.27. The van der Waals surface area contributed by atoms with E-state index in [1.165, 1.54) is 0 Å². The minimum Gasteiger partial charge on any atom is -0.344 e. The number of H-pyrrole nitrogens is 1. The predicted octanol–water partition coefficient (Wildman–Crippen LogP) is 3.81. The van der Waals surface area contributed by atoms with Crippen molar-refractivity contribution in [3.8, 4) is 0 Å². The van der Waals surface area contributed by atoms with Gasteiger partial charge in [0.25, 0.3) is 5.91 Å². The zero-order valence-electron chi connectivity index (χ0n) is 17.0. The van der Waals surface area contributed by atoms with E-state index in [1.807, 2.05) is 48.5 Å². The standard InChI is InChI=1S/C23H26N4O2/c1-4-14(2)20(21-24-18-11-7-8-12-19(18)25-21)26-22(28)15(3)27-13-16-9-5-6-10-17(16)23(27)29/h5-12,14-15,20H,4,13H2,1-3H3,(H,24,25)(H,26,28)/t14-,15-,20+/m0/s1. The van der Waals surface area contributed by atoms with E-state index in [4.69, 9.17) is 0 Å². The van der Waals surface area contributed by atoms with Crippen molar-refractivity contribution in [1.29, 1.82) is 0 Å². The average molecular weight is 390 g/mol. The van der Waals surface area contributed by atoms with Crippen LogP contribution in [-0.4, -0.2) is 32.7 Å². The van der Waals surface area contributed by atoms with E-state index in [0.29, 0.717) is 12.1 Å². The van der Waals surface area contributed by atoms with Crippen molar-refractivity contribution in [1.82, 2.24) is 20.2 Å². The van der Waals surface area contributed by atoms with Crippen LogP contribution in [0.4, 0.5) is 0 Å². The van der Waals surface area contributed by atoms with E-state index in [2.05, 4.69) is 29.1 Å². The average Bonchev–Trinajstić information content (AvgIpc) is 3.32. The fraction of sp³-hybridized carbons (Fsp3) is 0.348. The maximum Gasteiger partial charge on any atom is 0.255 e. The van der Waals surface area contributed by atoms with E-state index in [0.717, 1.165) is 28.8 Å². The zero-order chi connectivity index (χ0) is 20.5. The van der Waals surface area contributed by atoms with Crippen molar-refractivity contribution in [2.45, 2.75) is 45.8 Å². The molecular weight excluding hydrogens is 364 g/mol. The minimum absolute atomic E-state index is 0.0907. The number of nitrogens with one attached hydrogen (secondary N) is 2. The largest absolute Gasteiger partial charge is 0.344 e. The van der Waals surface area contributed by atoms with Crippen LogP contribution in [0.5, 0.6) is 0 Å². The summed E-state index contributed by atoms with van der Waals surface area (Å²) in [5, 5.41) is 3.14. The highest BCUT2D eigenvalue weighted by Gasteiger charge is 2.35. The van der Waals surface area contributed by atoms with Gasteiger partial charge in [0, 0.05) is 12.1 Å². The Morgan fingerprint density at radius 2 is 1.90 bits per heavy atom. The van der Waals surface area contributed by atoms with Gasteiger partial charge in [-0.1, -0.05) is 50.6 Å². The molecule has 6 nitrogen and oxygen atoms in total. The van der Waals surface area contributed by atoms with Crippen LogP contribution in [0.15, 0.2) is 48.5 Å². The van der Waals surface area contributed by atoms with Crippen LogP contribution in [0.2, 0.25) is 0 Å².